The second-order valence-electron chi connectivity index (χ2n) is 10.9. The van der Waals surface area contributed by atoms with Gasteiger partial charge >= 0.3 is 6.03 Å². The van der Waals surface area contributed by atoms with Crippen molar-refractivity contribution in [2.45, 2.75) is 100 Å². The Balaban J connectivity index is 1.31. The van der Waals surface area contributed by atoms with Crippen LogP contribution in [-0.2, 0) is 25.6 Å². The molecule has 0 bridgehead atoms. The molecular weight excluding hydrogens is 622 g/mol. The summed E-state index contributed by atoms with van der Waals surface area (Å²) in [4.78, 5) is 60.9. The minimum atomic E-state index is -0.770. The van der Waals surface area contributed by atoms with Gasteiger partial charge in [0, 0.05) is 42.1 Å². The second kappa shape index (κ2) is 18.8. The monoisotopic (exact) mass is 665 g/mol. The number of halogens is 1. The van der Waals surface area contributed by atoms with E-state index in [1.54, 1.807) is 0 Å². The smallest absolute Gasteiger partial charge is 0.315 e. The number of unbranched alkanes of at least 4 members (excludes halogenated alkanes) is 3. The normalized spacial score (nSPS) is 20.5. The highest BCUT2D eigenvalue weighted by molar-refractivity contribution is 9.09. The van der Waals surface area contributed by atoms with E-state index < -0.39 is 12.1 Å². The van der Waals surface area contributed by atoms with Crippen LogP contribution in [0, 0.1) is 0 Å². The van der Waals surface area contributed by atoms with E-state index in [-0.39, 0.29) is 35.8 Å². The maximum atomic E-state index is 13.1. The number of nitrogens with one attached hydrogen (secondary N) is 5. The Bertz CT molecular complexity index is 1030. The lowest BCUT2D eigenvalue weighted by atomic mass is 10.0. The zero-order valence-corrected chi connectivity index (χ0v) is 26.5. The van der Waals surface area contributed by atoms with Crippen molar-refractivity contribution in [3.63, 3.8) is 0 Å². The molecule has 1 aromatic rings. The van der Waals surface area contributed by atoms with Crippen LogP contribution in [0.1, 0.15) is 69.8 Å². The van der Waals surface area contributed by atoms with Crippen LogP contribution in [0.3, 0.4) is 0 Å². The molecule has 5 N–H and O–H groups in total. The summed E-state index contributed by atoms with van der Waals surface area (Å²) in [6.45, 7) is 0.513. The molecule has 12 heteroatoms. The number of hydrogen-bond acceptors (Lipinski definition) is 6. The highest BCUT2D eigenvalue weighted by Gasteiger charge is 2.42. The van der Waals surface area contributed by atoms with Crippen LogP contribution in [-0.4, -0.2) is 77.1 Å². The molecule has 2 fully saturated rings. The summed E-state index contributed by atoms with van der Waals surface area (Å²) >= 11 is 5.24. The number of amides is 5. The Morgan fingerprint density at radius 3 is 2.50 bits per heavy atom. The number of aldehydes is 1. The van der Waals surface area contributed by atoms with Gasteiger partial charge in [0.05, 0.1) is 18.1 Å². The zero-order valence-electron chi connectivity index (χ0n) is 24.1. The third-order valence-corrected chi connectivity index (χ3v) is 9.63. The van der Waals surface area contributed by atoms with Gasteiger partial charge in [-0.05, 0) is 50.5 Å². The molecular formula is C30H44BrN5O5S. The quantitative estimate of drug-likeness (QED) is 0.0627. The molecule has 0 radical (unpaired) electrons. The first kappa shape index (κ1) is 33.9. The number of thioether (sulfide) groups is 1. The van der Waals surface area contributed by atoms with Crippen LogP contribution < -0.4 is 26.6 Å². The number of alkyl halides is 1. The fourth-order valence-corrected chi connectivity index (χ4v) is 7.18. The third-order valence-electron chi connectivity index (χ3n) is 7.56. The van der Waals surface area contributed by atoms with Crippen LogP contribution in [0.15, 0.2) is 30.3 Å². The molecule has 2 aliphatic heterocycles. The Morgan fingerprint density at radius 2 is 1.74 bits per heavy atom. The van der Waals surface area contributed by atoms with Crippen LogP contribution in [0.2, 0.25) is 0 Å². The first-order chi connectivity index (χ1) is 20.4. The zero-order chi connectivity index (χ0) is 30.2. The lowest BCUT2D eigenvalue weighted by Gasteiger charge is -2.21. The molecule has 2 aliphatic rings. The van der Waals surface area contributed by atoms with Crippen molar-refractivity contribution >= 4 is 57.7 Å². The maximum Gasteiger partial charge on any atom is 0.315 e. The topological polar surface area (TPSA) is 146 Å². The Kier molecular flexibility index (Phi) is 15.2. The van der Waals surface area contributed by atoms with Crippen molar-refractivity contribution in [3.05, 3.63) is 35.9 Å². The van der Waals surface area contributed by atoms with Gasteiger partial charge in [-0.25, -0.2) is 4.79 Å². The summed E-state index contributed by atoms with van der Waals surface area (Å²) in [6, 6.07) is 8.37. The van der Waals surface area contributed by atoms with Crippen molar-refractivity contribution in [1.29, 1.82) is 0 Å². The molecule has 3 rings (SSSR count). The molecule has 2 heterocycles. The lowest BCUT2D eigenvalue weighted by Crippen LogP contribution is -2.51. The molecule has 5 amide bonds. The molecule has 1 aromatic carbocycles. The van der Waals surface area contributed by atoms with E-state index in [9.17, 15) is 24.0 Å². The van der Waals surface area contributed by atoms with Crippen molar-refractivity contribution in [1.82, 2.24) is 26.6 Å². The largest absolute Gasteiger partial charge is 0.356 e. The van der Waals surface area contributed by atoms with Gasteiger partial charge < -0.3 is 31.4 Å². The van der Waals surface area contributed by atoms with E-state index in [1.807, 2.05) is 42.1 Å². The summed E-state index contributed by atoms with van der Waals surface area (Å²) in [5.41, 5.74) is 0.919. The van der Waals surface area contributed by atoms with Crippen molar-refractivity contribution < 1.29 is 24.0 Å². The number of urea groups is 1. The van der Waals surface area contributed by atoms with E-state index in [0.717, 1.165) is 55.0 Å². The summed E-state index contributed by atoms with van der Waals surface area (Å²) < 4.78 is 0. The summed E-state index contributed by atoms with van der Waals surface area (Å²) in [5, 5.41) is 15.7. The van der Waals surface area contributed by atoms with Gasteiger partial charge in [-0.2, -0.15) is 11.8 Å². The standard InChI is InChI=1S/C30H44BrN5O5S/c31-16-8-6-15-27(39)34-23(18-21-10-2-1-3-11-21)29(40)33-22(19-37)12-7-9-17-32-26(38)14-5-4-13-25-28-24(20-42-25)35-30(41)36-28/h1-3,10-11,19,22-25,28H,4-9,12-18,20H2,(H,32,38)(H,33,40)(H,34,39)(H2,35,36,41)/t22-,23-,24-,25-,28-/m0/s1. The first-order valence-corrected chi connectivity index (χ1v) is 17.2. The molecule has 0 aliphatic carbocycles. The highest BCUT2D eigenvalue weighted by Crippen LogP contribution is 2.33. The van der Waals surface area contributed by atoms with Crippen LogP contribution in [0.5, 0.6) is 0 Å². The number of benzene rings is 1. The predicted octanol–water partition coefficient (Wildman–Crippen LogP) is 2.98. The van der Waals surface area contributed by atoms with E-state index >= 15 is 0 Å². The number of carbonyl (C=O) groups is 5. The Labute approximate surface area is 261 Å². The maximum absolute atomic E-state index is 13.1. The van der Waals surface area contributed by atoms with E-state index in [2.05, 4.69) is 42.5 Å². The van der Waals surface area contributed by atoms with E-state index in [1.165, 1.54) is 0 Å². The minimum Gasteiger partial charge on any atom is -0.356 e. The Morgan fingerprint density at radius 1 is 0.976 bits per heavy atom. The number of fused-ring (bicyclic) bond motifs is 1. The van der Waals surface area contributed by atoms with Crippen molar-refractivity contribution in [2.75, 3.05) is 17.6 Å². The molecule has 2 saturated heterocycles. The average molecular weight is 667 g/mol. The van der Waals surface area contributed by atoms with Crippen LogP contribution in [0.4, 0.5) is 4.79 Å². The SMILES string of the molecule is O=C[C@H](CCCCNC(=O)CCCC[C@@H]1SC[C@@H]2NC(=O)N[C@@H]21)NC(=O)[C@H](Cc1ccccc1)NC(=O)CCCCBr. The summed E-state index contributed by atoms with van der Waals surface area (Å²) in [7, 11) is 0. The van der Waals surface area contributed by atoms with Gasteiger partial charge in [0.1, 0.15) is 12.3 Å². The molecule has 10 nitrogen and oxygen atoms in total. The van der Waals surface area contributed by atoms with Crippen molar-refractivity contribution in [2.24, 2.45) is 0 Å². The van der Waals surface area contributed by atoms with Crippen LogP contribution in [0.25, 0.3) is 0 Å². The first-order valence-electron chi connectivity index (χ1n) is 15.0. The lowest BCUT2D eigenvalue weighted by molar-refractivity contribution is -0.130. The summed E-state index contributed by atoms with van der Waals surface area (Å²) in [5.74, 6) is 0.386. The third kappa shape index (κ3) is 11.9. The molecule has 232 valence electrons. The van der Waals surface area contributed by atoms with Gasteiger partial charge in [-0.15, -0.1) is 0 Å². The Hall–Kier alpha value is -2.60. The second-order valence-corrected chi connectivity index (χ2v) is 13.0. The molecule has 5 atom stereocenters. The van der Waals surface area contributed by atoms with E-state index in [4.69, 9.17) is 0 Å². The molecule has 0 saturated carbocycles. The molecule has 42 heavy (non-hydrogen) atoms. The van der Waals surface area contributed by atoms with Gasteiger partial charge in [0.25, 0.3) is 0 Å². The van der Waals surface area contributed by atoms with Gasteiger partial charge in [-0.1, -0.05) is 52.7 Å². The highest BCUT2D eigenvalue weighted by atomic mass is 79.9. The fraction of sp³-hybridized carbons (Fsp3) is 0.633. The minimum absolute atomic E-state index is 0.0126. The molecule has 0 spiro atoms. The van der Waals surface area contributed by atoms with Crippen LogP contribution >= 0.6 is 27.7 Å². The van der Waals surface area contributed by atoms with Crippen molar-refractivity contribution in [3.8, 4) is 0 Å². The fourth-order valence-electron chi connectivity index (χ4n) is 5.24. The number of rotatable bonds is 20. The molecule has 0 aromatic heterocycles. The van der Waals surface area contributed by atoms with E-state index in [0.29, 0.717) is 50.3 Å². The summed E-state index contributed by atoms with van der Waals surface area (Å²) in [6.07, 6.45) is 7.99. The average Bonchev–Trinajstić information content (AvgIpc) is 3.53. The number of hydrogen-bond donors (Lipinski definition) is 5. The predicted molar refractivity (Wildman–Crippen MR) is 169 cm³/mol. The van der Waals surface area contributed by atoms with Gasteiger partial charge in [0.2, 0.25) is 17.7 Å². The van der Waals surface area contributed by atoms with Gasteiger partial charge in [0.15, 0.2) is 0 Å². The molecule has 0 unspecified atom stereocenters. The van der Waals surface area contributed by atoms with Gasteiger partial charge in [-0.3, -0.25) is 14.4 Å². The number of carbonyl (C=O) groups excluding carboxylic acids is 5.